The smallest absolute Gasteiger partial charge is 0.319 e. The van der Waals surface area contributed by atoms with Gasteiger partial charge in [-0.05, 0) is 34.1 Å². The van der Waals surface area contributed by atoms with Crippen molar-refractivity contribution in [3.63, 3.8) is 0 Å². The van der Waals surface area contributed by atoms with Crippen molar-refractivity contribution < 1.29 is 14.3 Å². The van der Waals surface area contributed by atoms with E-state index in [9.17, 15) is 9.59 Å². The van der Waals surface area contributed by atoms with Crippen LogP contribution in [0, 0.1) is 0 Å². The van der Waals surface area contributed by atoms with Crippen LogP contribution >= 0.6 is 27.5 Å². The van der Waals surface area contributed by atoms with Crippen molar-refractivity contribution in [2.24, 2.45) is 0 Å². The van der Waals surface area contributed by atoms with Crippen molar-refractivity contribution in [2.75, 3.05) is 39.8 Å². The highest BCUT2D eigenvalue weighted by atomic mass is 79.9. The van der Waals surface area contributed by atoms with Crippen LogP contribution in [0.1, 0.15) is 10.4 Å². The van der Waals surface area contributed by atoms with E-state index in [4.69, 9.17) is 11.6 Å². The fourth-order valence-corrected chi connectivity index (χ4v) is 3.04. The molecule has 0 aromatic heterocycles. The quantitative estimate of drug-likeness (QED) is 0.759. The number of hydrogen-bond acceptors (Lipinski definition) is 4. The maximum absolute atomic E-state index is 12.5. The number of esters is 1. The third-order valence-corrected chi connectivity index (χ3v) is 4.29. The summed E-state index contributed by atoms with van der Waals surface area (Å²) in [5, 5.41) is 0.585. The zero-order valence-electron chi connectivity index (χ0n) is 11.6. The van der Waals surface area contributed by atoms with Crippen molar-refractivity contribution in [2.45, 2.75) is 0 Å². The summed E-state index contributed by atoms with van der Waals surface area (Å²) in [5.41, 5.74) is 0.598. The number of ether oxygens (including phenoxy) is 1. The highest BCUT2D eigenvalue weighted by Crippen LogP contribution is 2.23. The first-order valence-corrected chi connectivity index (χ1v) is 7.72. The number of rotatable bonds is 3. The number of methoxy groups -OCH3 is 1. The average molecular weight is 376 g/mol. The Morgan fingerprint density at radius 1 is 1.29 bits per heavy atom. The topological polar surface area (TPSA) is 49.9 Å². The highest BCUT2D eigenvalue weighted by molar-refractivity contribution is 9.10. The van der Waals surface area contributed by atoms with Gasteiger partial charge in [-0.3, -0.25) is 14.5 Å². The molecule has 0 unspecified atom stereocenters. The molecule has 0 aliphatic carbocycles. The minimum absolute atomic E-state index is 0.0312. The Balaban J connectivity index is 1.95. The summed E-state index contributed by atoms with van der Waals surface area (Å²) >= 11 is 9.25. The molecule has 1 aromatic rings. The van der Waals surface area contributed by atoms with Gasteiger partial charge in [-0.15, -0.1) is 0 Å². The van der Waals surface area contributed by atoms with E-state index in [0.29, 0.717) is 41.2 Å². The summed E-state index contributed by atoms with van der Waals surface area (Å²) in [6.45, 7) is 2.76. The van der Waals surface area contributed by atoms with E-state index in [1.165, 1.54) is 7.11 Å². The Morgan fingerprint density at radius 2 is 1.95 bits per heavy atom. The van der Waals surface area contributed by atoms with Crippen LogP contribution in [-0.2, 0) is 9.53 Å². The molecule has 1 heterocycles. The van der Waals surface area contributed by atoms with Gasteiger partial charge in [0.25, 0.3) is 5.91 Å². The molecule has 1 saturated heterocycles. The number of halogens is 2. The molecule has 5 nitrogen and oxygen atoms in total. The first kappa shape index (κ1) is 16.3. The van der Waals surface area contributed by atoms with E-state index >= 15 is 0 Å². The van der Waals surface area contributed by atoms with Gasteiger partial charge in [0, 0.05) is 35.7 Å². The Morgan fingerprint density at radius 3 is 2.52 bits per heavy atom. The normalized spacial score (nSPS) is 15.9. The number of carbonyl (C=O) groups is 2. The largest absolute Gasteiger partial charge is 0.468 e. The molecular formula is C14H16BrClN2O3. The predicted molar refractivity (Wildman–Crippen MR) is 83.5 cm³/mol. The van der Waals surface area contributed by atoms with Gasteiger partial charge in [-0.2, -0.15) is 0 Å². The number of carbonyl (C=O) groups excluding carboxylic acids is 2. The number of piperazine rings is 1. The molecule has 0 spiro atoms. The number of hydrogen-bond donors (Lipinski definition) is 0. The van der Waals surface area contributed by atoms with Gasteiger partial charge in [0.2, 0.25) is 0 Å². The van der Waals surface area contributed by atoms with Gasteiger partial charge in [-0.1, -0.05) is 11.6 Å². The third kappa shape index (κ3) is 4.18. The van der Waals surface area contributed by atoms with Crippen LogP contribution < -0.4 is 0 Å². The Kier molecular flexibility index (Phi) is 5.61. The lowest BCUT2D eigenvalue weighted by Crippen LogP contribution is -2.50. The average Bonchev–Trinajstić information content (AvgIpc) is 2.47. The van der Waals surface area contributed by atoms with E-state index in [1.54, 1.807) is 23.1 Å². The maximum atomic E-state index is 12.5. The van der Waals surface area contributed by atoms with E-state index in [2.05, 4.69) is 20.7 Å². The molecule has 7 heteroatoms. The van der Waals surface area contributed by atoms with E-state index < -0.39 is 0 Å². The van der Waals surface area contributed by atoms with Crippen LogP contribution in [0.15, 0.2) is 22.7 Å². The molecule has 0 bridgehead atoms. The van der Waals surface area contributed by atoms with Crippen LogP contribution in [0.4, 0.5) is 0 Å². The molecule has 0 radical (unpaired) electrons. The lowest BCUT2D eigenvalue weighted by molar-refractivity contribution is -0.142. The van der Waals surface area contributed by atoms with E-state index in [-0.39, 0.29) is 18.4 Å². The van der Waals surface area contributed by atoms with Gasteiger partial charge >= 0.3 is 5.97 Å². The van der Waals surface area contributed by atoms with Crippen molar-refractivity contribution in [1.82, 2.24) is 9.80 Å². The fraction of sp³-hybridized carbons (Fsp3) is 0.429. The van der Waals surface area contributed by atoms with Crippen molar-refractivity contribution in [3.8, 4) is 0 Å². The molecule has 1 amide bonds. The third-order valence-electron chi connectivity index (χ3n) is 3.40. The summed E-state index contributed by atoms with van der Waals surface area (Å²) in [5.74, 6) is -0.286. The van der Waals surface area contributed by atoms with Crippen LogP contribution in [0.5, 0.6) is 0 Å². The van der Waals surface area contributed by atoms with Crippen molar-refractivity contribution in [1.29, 1.82) is 0 Å². The molecule has 1 aliphatic rings. The lowest BCUT2D eigenvalue weighted by Gasteiger charge is -2.34. The first-order valence-electron chi connectivity index (χ1n) is 6.54. The Bertz CT molecular complexity index is 545. The maximum Gasteiger partial charge on any atom is 0.319 e. The summed E-state index contributed by atoms with van der Waals surface area (Å²) in [6.07, 6.45) is 0. The van der Waals surface area contributed by atoms with Gasteiger partial charge < -0.3 is 9.64 Å². The second-order valence-electron chi connectivity index (χ2n) is 4.77. The van der Waals surface area contributed by atoms with Gasteiger partial charge in [0.15, 0.2) is 0 Å². The zero-order chi connectivity index (χ0) is 15.4. The van der Waals surface area contributed by atoms with Crippen LogP contribution in [0.25, 0.3) is 0 Å². The van der Waals surface area contributed by atoms with Crippen molar-refractivity contribution >= 4 is 39.4 Å². The summed E-state index contributed by atoms with van der Waals surface area (Å²) in [7, 11) is 1.38. The number of nitrogens with zero attached hydrogens (tertiary/aromatic N) is 2. The minimum atomic E-state index is -0.254. The molecule has 0 saturated carbocycles. The van der Waals surface area contributed by atoms with Crippen LogP contribution in [-0.4, -0.2) is 61.5 Å². The second-order valence-corrected chi connectivity index (χ2v) is 6.06. The Labute approximate surface area is 136 Å². The lowest BCUT2D eigenvalue weighted by atomic mass is 10.2. The predicted octanol–water partition coefficient (Wildman–Crippen LogP) is 2.03. The standard InChI is InChI=1S/C14H16BrClN2O3/c1-21-13(19)9-17-4-6-18(7-5-17)14(20)11-3-2-10(16)8-12(11)15/h2-3,8H,4-7,9H2,1H3. The highest BCUT2D eigenvalue weighted by Gasteiger charge is 2.24. The minimum Gasteiger partial charge on any atom is -0.468 e. The molecule has 1 aliphatic heterocycles. The summed E-state index contributed by atoms with van der Waals surface area (Å²) in [6, 6.07) is 5.13. The number of benzene rings is 1. The molecule has 114 valence electrons. The summed E-state index contributed by atoms with van der Waals surface area (Å²) in [4.78, 5) is 27.4. The molecule has 1 aromatic carbocycles. The molecule has 0 N–H and O–H groups in total. The zero-order valence-corrected chi connectivity index (χ0v) is 14.0. The first-order chi connectivity index (χ1) is 10.0. The second kappa shape index (κ2) is 7.24. The van der Waals surface area contributed by atoms with Gasteiger partial charge in [0.1, 0.15) is 0 Å². The van der Waals surface area contributed by atoms with E-state index in [0.717, 1.165) is 0 Å². The SMILES string of the molecule is COC(=O)CN1CCN(C(=O)c2ccc(Cl)cc2Br)CC1. The van der Waals surface area contributed by atoms with Gasteiger partial charge in [-0.25, -0.2) is 0 Å². The fourth-order valence-electron chi connectivity index (χ4n) is 2.19. The van der Waals surface area contributed by atoms with E-state index in [1.807, 2.05) is 4.90 Å². The number of amides is 1. The molecule has 0 atom stereocenters. The molecule has 21 heavy (non-hydrogen) atoms. The van der Waals surface area contributed by atoms with Gasteiger partial charge in [0.05, 0.1) is 19.2 Å². The molecule has 2 rings (SSSR count). The molecular weight excluding hydrogens is 360 g/mol. The van der Waals surface area contributed by atoms with Crippen LogP contribution in [0.2, 0.25) is 5.02 Å². The van der Waals surface area contributed by atoms with Crippen molar-refractivity contribution in [3.05, 3.63) is 33.3 Å². The Hall–Kier alpha value is -1.11. The molecule has 1 fully saturated rings. The van der Waals surface area contributed by atoms with Crippen LogP contribution in [0.3, 0.4) is 0 Å². The summed E-state index contributed by atoms with van der Waals surface area (Å²) < 4.78 is 5.34. The monoisotopic (exact) mass is 374 g/mol.